The molecule has 0 aromatic rings. The Morgan fingerprint density at radius 2 is 0.367 bits per heavy atom. The number of hydrogen-bond donors (Lipinski definition) is 0. The molecule has 20 heteroatoms. The van der Waals surface area contributed by atoms with Crippen LogP contribution in [-0.2, 0) is 0 Å². The molecule has 0 nitrogen and oxygen atoms in total. The fourth-order valence-corrected chi connectivity index (χ4v) is 2.83. The molecule has 1 saturated carbocycles. The summed E-state index contributed by atoms with van der Waals surface area (Å²) in [6, 6.07) is 0. The molecule has 4 atom stereocenters. The van der Waals surface area contributed by atoms with Crippen molar-refractivity contribution >= 4 is 0 Å². The van der Waals surface area contributed by atoms with E-state index >= 15 is 0 Å². The zero-order valence-corrected chi connectivity index (χ0v) is 12.6. The standard InChI is InChI=1S/C10F20/c11-1(7(19,20)21)2(12,8(22,23)24)6(17,18)4(14,10(28,29)30)3(13,5(1,15)16)9(25,26)27. The Balaban J connectivity index is 4.59. The maximum absolute atomic E-state index is 13.9. The van der Waals surface area contributed by atoms with E-state index in [1.54, 1.807) is 0 Å². The summed E-state index contributed by atoms with van der Waals surface area (Å²) in [5, 5.41) is 0. The van der Waals surface area contributed by atoms with Gasteiger partial charge in [-0.25, -0.2) is 17.6 Å². The van der Waals surface area contributed by atoms with Gasteiger partial charge in [0, 0.05) is 0 Å². The van der Waals surface area contributed by atoms with Gasteiger partial charge in [-0.3, -0.25) is 0 Å². The number of alkyl halides is 20. The van der Waals surface area contributed by atoms with Gasteiger partial charge in [0.2, 0.25) is 0 Å². The van der Waals surface area contributed by atoms with Gasteiger partial charge < -0.3 is 0 Å². The van der Waals surface area contributed by atoms with Crippen molar-refractivity contribution in [2.24, 2.45) is 0 Å². The number of hydrogen-bond acceptors (Lipinski definition) is 0. The molecule has 0 aromatic heterocycles. The highest BCUT2D eigenvalue weighted by molar-refractivity contribution is 5.40. The monoisotopic (exact) mass is 500 g/mol. The lowest BCUT2D eigenvalue weighted by Crippen LogP contribution is -2.96. The molecular weight excluding hydrogens is 500 g/mol. The molecular formula is C10F20. The predicted molar refractivity (Wildman–Crippen MR) is 49.5 cm³/mol. The second kappa shape index (κ2) is 5.69. The third-order valence-corrected chi connectivity index (χ3v) is 4.24. The lowest BCUT2D eigenvalue weighted by atomic mass is 9.55. The molecule has 0 aliphatic heterocycles. The van der Waals surface area contributed by atoms with Crippen molar-refractivity contribution in [3.63, 3.8) is 0 Å². The van der Waals surface area contributed by atoms with E-state index in [2.05, 4.69) is 0 Å². The van der Waals surface area contributed by atoms with Crippen LogP contribution in [0.4, 0.5) is 87.8 Å². The summed E-state index contributed by atoms with van der Waals surface area (Å²) in [5.41, 5.74) is -36.4. The summed E-state index contributed by atoms with van der Waals surface area (Å²) < 4.78 is 262. The molecule has 0 saturated heterocycles. The quantitative estimate of drug-likeness (QED) is 0.340. The SMILES string of the molecule is FC(F)(F)C1(F)C(F)(F)C(F)(C(F)(F)F)C(F)(C(F)(F)F)C(F)(F)C1(F)C(F)(F)F. The van der Waals surface area contributed by atoms with Crippen LogP contribution in [0.25, 0.3) is 0 Å². The molecule has 0 amide bonds. The van der Waals surface area contributed by atoms with Gasteiger partial charge in [-0.2, -0.15) is 70.2 Å². The molecule has 1 fully saturated rings. The maximum atomic E-state index is 13.9. The van der Waals surface area contributed by atoms with Crippen LogP contribution >= 0.6 is 0 Å². The van der Waals surface area contributed by atoms with E-state index in [9.17, 15) is 87.8 Å². The summed E-state index contributed by atoms with van der Waals surface area (Å²) in [5.74, 6) is -18.3. The highest BCUT2D eigenvalue weighted by Crippen LogP contribution is 2.78. The highest BCUT2D eigenvalue weighted by atomic mass is 19.4. The Hall–Kier alpha value is -1.40. The van der Waals surface area contributed by atoms with Gasteiger partial charge in [-0.15, -0.1) is 0 Å². The van der Waals surface area contributed by atoms with Crippen LogP contribution in [0.1, 0.15) is 0 Å². The van der Waals surface area contributed by atoms with Gasteiger partial charge in [0.05, 0.1) is 0 Å². The molecule has 0 N–H and O–H groups in total. The molecule has 0 heterocycles. The Morgan fingerprint density at radius 3 is 0.433 bits per heavy atom. The van der Waals surface area contributed by atoms with E-state index in [4.69, 9.17) is 0 Å². The average Bonchev–Trinajstić information content (AvgIpc) is 2.45. The topological polar surface area (TPSA) is 0 Å². The van der Waals surface area contributed by atoms with Crippen molar-refractivity contribution < 1.29 is 87.8 Å². The van der Waals surface area contributed by atoms with Crippen molar-refractivity contribution in [1.82, 2.24) is 0 Å². The Kier molecular flexibility index (Phi) is 5.05. The molecule has 4 unspecified atom stereocenters. The Bertz CT molecular complexity index is 574. The maximum Gasteiger partial charge on any atom is 0.432 e. The van der Waals surface area contributed by atoms with Crippen molar-refractivity contribution in [2.45, 2.75) is 59.2 Å². The van der Waals surface area contributed by atoms with Crippen LogP contribution in [0.2, 0.25) is 0 Å². The lowest BCUT2D eigenvalue weighted by molar-refractivity contribution is -0.538. The van der Waals surface area contributed by atoms with Crippen LogP contribution in [0.3, 0.4) is 0 Å². The summed E-state index contributed by atoms with van der Waals surface area (Å²) in [4.78, 5) is 0. The van der Waals surface area contributed by atoms with Crippen LogP contribution in [-0.4, -0.2) is 59.2 Å². The summed E-state index contributed by atoms with van der Waals surface area (Å²) in [6.07, 6.45) is -34.4. The molecule has 30 heavy (non-hydrogen) atoms. The average molecular weight is 500 g/mol. The van der Waals surface area contributed by atoms with E-state index < -0.39 is 59.2 Å². The largest absolute Gasteiger partial charge is 0.432 e. The minimum absolute atomic E-state index is 8.61. The molecule has 1 aliphatic rings. The van der Waals surface area contributed by atoms with Crippen LogP contribution < -0.4 is 0 Å². The van der Waals surface area contributed by atoms with E-state index in [1.165, 1.54) is 0 Å². The summed E-state index contributed by atoms with van der Waals surface area (Å²) in [6.45, 7) is 0. The zero-order chi connectivity index (χ0) is 25.0. The van der Waals surface area contributed by atoms with Gasteiger partial charge in [0.15, 0.2) is 0 Å². The van der Waals surface area contributed by atoms with Gasteiger partial charge in [0.1, 0.15) is 0 Å². The molecule has 0 aromatic carbocycles. The zero-order valence-electron chi connectivity index (χ0n) is 12.6. The lowest BCUT2D eigenvalue weighted by Gasteiger charge is -2.60. The first-order valence-corrected chi connectivity index (χ1v) is 6.28. The van der Waals surface area contributed by atoms with Crippen molar-refractivity contribution in [3.05, 3.63) is 0 Å². The minimum Gasteiger partial charge on any atom is -0.222 e. The highest BCUT2D eigenvalue weighted by Gasteiger charge is 3.13. The minimum atomic E-state index is -9.16. The first-order chi connectivity index (χ1) is 12.5. The molecule has 1 aliphatic carbocycles. The second-order valence-corrected chi connectivity index (χ2v) is 5.77. The van der Waals surface area contributed by atoms with E-state index in [0.717, 1.165) is 0 Å². The van der Waals surface area contributed by atoms with Crippen LogP contribution in [0, 0.1) is 0 Å². The van der Waals surface area contributed by atoms with E-state index in [0.29, 0.717) is 0 Å². The third kappa shape index (κ3) is 2.22. The van der Waals surface area contributed by atoms with Crippen LogP contribution in [0.5, 0.6) is 0 Å². The normalized spacial score (nSPS) is 40.4. The summed E-state index contributed by atoms with van der Waals surface area (Å²) in [7, 11) is 0. The molecule has 1 rings (SSSR count). The Morgan fingerprint density at radius 1 is 0.267 bits per heavy atom. The Labute approximate surface area is 148 Å². The van der Waals surface area contributed by atoms with Crippen molar-refractivity contribution in [2.75, 3.05) is 0 Å². The van der Waals surface area contributed by atoms with Gasteiger partial charge >= 0.3 is 59.2 Å². The number of rotatable bonds is 0. The first kappa shape index (κ1) is 26.6. The van der Waals surface area contributed by atoms with E-state index in [-0.39, 0.29) is 0 Å². The van der Waals surface area contributed by atoms with Crippen LogP contribution in [0.15, 0.2) is 0 Å². The smallest absolute Gasteiger partial charge is 0.222 e. The van der Waals surface area contributed by atoms with Gasteiger partial charge in [-0.05, 0) is 0 Å². The fourth-order valence-electron chi connectivity index (χ4n) is 2.83. The third-order valence-electron chi connectivity index (χ3n) is 4.24. The van der Waals surface area contributed by atoms with E-state index in [1.807, 2.05) is 0 Å². The fraction of sp³-hybridized carbons (Fsp3) is 1.00. The molecule has 0 radical (unpaired) electrons. The number of halogens is 20. The molecule has 0 bridgehead atoms. The van der Waals surface area contributed by atoms with Crippen molar-refractivity contribution in [3.8, 4) is 0 Å². The molecule has 0 spiro atoms. The van der Waals surface area contributed by atoms with Crippen molar-refractivity contribution in [1.29, 1.82) is 0 Å². The summed E-state index contributed by atoms with van der Waals surface area (Å²) >= 11 is 0. The second-order valence-electron chi connectivity index (χ2n) is 5.77. The predicted octanol–water partition coefficient (Wildman–Crippen LogP) is 6.35. The van der Waals surface area contributed by atoms with Gasteiger partial charge in [-0.1, -0.05) is 0 Å². The van der Waals surface area contributed by atoms with Gasteiger partial charge in [0.25, 0.3) is 0 Å². The first-order valence-electron chi connectivity index (χ1n) is 6.28. The molecule has 180 valence electrons.